The number of halogens is 3. The topological polar surface area (TPSA) is 63.6 Å². The van der Waals surface area contributed by atoms with Gasteiger partial charge in [0.15, 0.2) is 0 Å². The van der Waals surface area contributed by atoms with Gasteiger partial charge in [-0.2, -0.15) is 13.2 Å². The average molecular weight is 451 g/mol. The first kappa shape index (κ1) is 21.7. The summed E-state index contributed by atoms with van der Waals surface area (Å²) in [6, 6.07) is 1.83. The van der Waals surface area contributed by atoms with Crippen molar-refractivity contribution in [3.05, 3.63) is 45.9 Å². The number of ether oxygens (including phenoxy) is 1. The molecule has 5 rings (SSSR count). The zero-order valence-corrected chi connectivity index (χ0v) is 18.2. The van der Waals surface area contributed by atoms with E-state index in [1.807, 2.05) is 13.0 Å². The molecule has 3 unspecified atom stereocenters. The van der Waals surface area contributed by atoms with Crippen LogP contribution in [0.3, 0.4) is 0 Å². The van der Waals surface area contributed by atoms with Crippen LogP contribution in [0.2, 0.25) is 0 Å². The molecule has 0 radical (unpaired) electrons. The Hall–Kier alpha value is -2.13. The van der Waals surface area contributed by atoms with Crippen molar-refractivity contribution < 1.29 is 22.7 Å². The highest BCUT2D eigenvalue weighted by Gasteiger charge is 2.59. The van der Waals surface area contributed by atoms with Gasteiger partial charge in [-0.25, -0.2) is 0 Å². The molecule has 2 saturated heterocycles. The quantitative estimate of drug-likeness (QED) is 0.703. The fourth-order valence-electron chi connectivity index (χ4n) is 5.99. The molecule has 4 heterocycles. The fraction of sp³-hybridized carbons (Fsp3) is 0.652. The Kier molecular flexibility index (Phi) is 5.05. The molecule has 9 heteroatoms. The van der Waals surface area contributed by atoms with E-state index in [1.165, 1.54) is 4.57 Å². The Morgan fingerprint density at radius 2 is 2.00 bits per heavy atom. The maximum absolute atomic E-state index is 13.6. The molecule has 1 amide bonds. The third-order valence-electron chi connectivity index (χ3n) is 7.94. The van der Waals surface area contributed by atoms with Crippen LogP contribution < -0.4 is 10.9 Å². The van der Waals surface area contributed by atoms with E-state index in [0.717, 1.165) is 25.7 Å². The molecule has 1 N–H and O–H groups in total. The van der Waals surface area contributed by atoms with Crippen LogP contribution in [0, 0.1) is 17.3 Å². The van der Waals surface area contributed by atoms with Crippen LogP contribution in [0.25, 0.3) is 0 Å². The van der Waals surface area contributed by atoms with E-state index < -0.39 is 22.7 Å². The summed E-state index contributed by atoms with van der Waals surface area (Å²) >= 11 is 0. The number of hydrogen-bond donors (Lipinski definition) is 1. The van der Waals surface area contributed by atoms with Gasteiger partial charge in [0.25, 0.3) is 5.56 Å². The van der Waals surface area contributed by atoms with Gasteiger partial charge in [-0.1, -0.05) is 26.0 Å². The summed E-state index contributed by atoms with van der Waals surface area (Å²) in [4.78, 5) is 27.7. The number of rotatable bonds is 2. The van der Waals surface area contributed by atoms with Gasteiger partial charge < -0.3 is 19.5 Å². The van der Waals surface area contributed by atoms with Gasteiger partial charge in [0.05, 0.1) is 30.2 Å². The zero-order valence-electron chi connectivity index (χ0n) is 18.2. The van der Waals surface area contributed by atoms with Crippen molar-refractivity contribution >= 4 is 5.91 Å². The summed E-state index contributed by atoms with van der Waals surface area (Å²) in [5.74, 6) is 0.292. The van der Waals surface area contributed by atoms with E-state index in [4.69, 9.17) is 4.74 Å². The minimum absolute atomic E-state index is 0.0255. The van der Waals surface area contributed by atoms with Crippen molar-refractivity contribution in [3.8, 4) is 0 Å². The van der Waals surface area contributed by atoms with Gasteiger partial charge >= 0.3 is 6.18 Å². The number of hydrogen-bond acceptors (Lipinski definition) is 4. The summed E-state index contributed by atoms with van der Waals surface area (Å²) in [5, 5.41) is 3.67. The van der Waals surface area contributed by atoms with Crippen LogP contribution in [0.1, 0.15) is 37.9 Å². The summed E-state index contributed by atoms with van der Waals surface area (Å²) in [6.07, 6.45) is 1.02. The van der Waals surface area contributed by atoms with Crippen molar-refractivity contribution in [2.24, 2.45) is 17.3 Å². The normalized spacial score (nSPS) is 36.6. The third kappa shape index (κ3) is 3.32. The van der Waals surface area contributed by atoms with E-state index in [1.54, 1.807) is 4.90 Å². The summed E-state index contributed by atoms with van der Waals surface area (Å²) in [6.45, 7) is 5.87. The number of amides is 1. The van der Waals surface area contributed by atoms with Crippen molar-refractivity contribution in [1.82, 2.24) is 14.8 Å². The lowest BCUT2D eigenvalue weighted by Gasteiger charge is -2.34. The molecule has 0 saturated carbocycles. The maximum Gasteiger partial charge on any atom is 0.416 e. The summed E-state index contributed by atoms with van der Waals surface area (Å²) < 4.78 is 46.5. The molecule has 32 heavy (non-hydrogen) atoms. The smallest absolute Gasteiger partial charge is 0.381 e. The van der Waals surface area contributed by atoms with E-state index in [0.29, 0.717) is 24.4 Å². The minimum atomic E-state index is -4.59. The molecule has 3 aliphatic heterocycles. The van der Waals surface area contributed by atoms with Crippen molar-refractivity contribution in [2.45, 2.75) is 64.1 Å². The molecule has 1 aromatic heterocycles. The first-order valence-corrected chi connectivity index (χ1v) is 11.3. The Morgan fingerprint density at radius 3 is 2.72 bits per heavy atom. The molecule has 1 aliphatic carbocycles. The SMILES string of the molecule is CC1C2Cn3c(cc(C(F)(F)F)cc3=O)CN2C(=O)[C@]12C=C[C@@H](NC1CCOC[C@H]1C)C2. The third-order valence-corrected chi connectivity index (χ3v) is 7.94. The van der Waals surface area contributed by atoms with Gasteiger partial charge in [-0.3, -0.25) is 9.59 Å². The number of nitrogens with zero attached hydrogens (tertiary/aromatic N) is 2. The number of carbonyl (C=O) groups is 1. The molecular weight excluding hydrogens is 423 g/mol. The molecule has 2 fully saturated rings. The number of alkyl halides is 3. The zero-order chi connectivity index (χ0) is 22.8. The molecule has 6 nitrogen and oxygen atoms in total. The Morgan fingerprint density at radius 1 is 1.22 bits per heavy atom. The lowest BCUT2D eigenvalue weighted by atomic mass is 9.75. The maximum atomic E-state index is 13.6. The average Bonchev–Trinajstić information content (AvgIpc) is 3.25. The largest absolute Gasteiger partial charge is 0.416 e. The second-order valence-corrected chi connectivity index (χ2v) is 9.80. The minimum Gasteiger partial charge on any atom is -0.381 e. The van der Waals surface area contributed by atoms with Crippen LogP contribution in [0.15, 0.2) is 29.1 Å². The van der Waals surface area contributed by atoms with Crippen LogP contribution in [0.5, 0.6) is 0 Å². The number of aromatic nitrogens is 1. The summed E-state index contributed by atoms with van der Waals surface area (Å²) in [7, 11) is 0. The standard InChI is InChI=1S/C23H28F3N3O3/c1-13-12-32-6-4-18(13)27-16-3-5-22(9-16)14(2)19-11-28-17(10-29(19)21(22)31)7-15(8-20(28)30)23(24,25)26/h3,5,7-8,13-14,16,18-19,27H,4,6,9-12H2,1-2H3/t13-,14?,16-,18?,19?,22+/m1/s1. The predicted octanol–water partition coefficient (Wildman–Crippen LogP) is 2.56. The van der Waals surface area contributed by atoms with E-state index in [9.17, 15) is 22.8 Å². The Balaban J connectivity index is 1.38. The lowest BCUT2D eigenvalue weighted by Crippen LogP contribution is -2.47. The molecule has 174 valence electrons. The molecule has 1 aromatic rings. The molecular formula is C23H28F3N3O3. The van der Waals surface area contributed by atoms with Gasteiger partial charge in [-0.05, 0) is 30.7 Å². The van der Waals surface area contributed by atoms with Gasteiger partial charge in [0.1, 0.15) is 0 Å². The first-order chi connectivity index (χ1) is 15.1. The summed E-state index contributed by atoms with van der Waals surface area (Å²) in [5.41, 5.74) is -2.07. The van der Waals surface area contributed by atoms with Gasteiger partial charge in [-0.15, -0.1) is 0 Å². The Bertz CT molecular complexity index is 1020. The van der Waals surface area contributed by atoms with Crippen LogP contribution in [0.4, 0.5) is 13.2 Å². The van der Waals surface area contributed by atoms with Crippen molar-refractivity contribution in [3.63, 3.8) is 0 Å². The molecule has 1 spiro atoms. The van der Waals surface area contributed by atoms with Gasteiger partial charge in [0, 0.05) is 37.0 Å². The molecule has 4 aliphatic rings. The number of nitrogens with one attached hydrogen (secondary N) is 1. The molecule has 0 bridgehead atoms. The lowest BCUT2D eigenvalue weighted by molar-refractivity contribution is -0.138. The fourth-order valence-corrected chi connectivity index (χ4v) is 5.99. The highest BCUT2D eigenvalue weighted by Crippen LogP contribution is 2.51. The van der Waals surface area contributed by atoms with E-state index in [2.05, 4.69) is 18.3 Å². The second-order valence-electron chi connectivity index (χ2n) is 9.80. The number of fused-ring (bicyclic) bond motifs is 2. The van der Waals surface area contributed by atoms with Crippen molar-refractivity contribution in [1.29, 1.82) is 0 Å². The molecule has 6 atom stereocenters. The second kappa shape index (κ2) is 7.45. The number of carbonyl (C=O) groups excluding carboxylic acids is 1. The molecule has 0 aromatic carbocycles. The van der Waals surface area contributed by atoms with E-state index >= 15 is 0 Å². The highest BCUT2D eigenvalue weighted by atomic mass is 19.4. The Labute approximate surface area is 184 Å². The van der Waals surface area contributed by atoms with Crippen molar-refractivity contribution in [2.75, 3.05) is 13.2 Å². The predicted molar refractivity (Wildman–Crippen MR) is 111 cm³/mol. The first-order valence-electron chi connectivity index (χ1n) is 11.3. The highest BCUT2D eigenvalue weighted by molar-refractivity contribution is 5.89. The number of pyridine rings is 1. The van der Waals surface area contributed by atoms with Crippen LogP contribution in [-0.4, -0.2) is 46.7 Å². The van der Waals surface area contributed by atoms with Crippen LogP contribution >= 0.6 is 0 Å². The van der Waals surface area contributed by atoms with E-state index in [-0.39, 0.29) is 42.7 Å². The van der Waals surface area contributed by atoms with Crippen LogP contribution in [-0.2, 0) is 28.8 Å². The van der Waals surface area contributed by atoms with Gasteiger partial charge in [0.2, 0.25) is 5.91 Å². The monoisotopic (exact) mass is 451 g/mol.